The number of methoxy groups -OCH3 is 2. The lowest BCUT2D eigenvalue weighted by molar-refractivity contribution is -0.140. The van der Waals surface area contributed by atoms with E-state index in [4.69, 9.17) is 9.47 Å². The number of carbonyl (C=O) groups is 2. The largest absolute Gasteiger partial charge is 0.497 e. The number of ether oxygens (including phenoxy) is 2. The Bertz CT molecular complexity index is 1700. The highest BCUT2D eigenvalue weighted by atomic mass is 32.2. The molecule has 2 amide bonds. The molecule has 0 bridgehead atoms. The Labute approximate surface area is 269 Å². The Morgan fingerprint density at radius 2 is 1.48 bits per heavy atom. The lowest BCUT2D eigenvalue weighted by atomic mass is 10.0. The molecule has 9 nitrogen and oxygen atoms in total. The van der Waals surface area contributed by atoms with Gasteiger partial charge in [0.05, 0.1) is 24.8 Å². The molecule has 0 saturated carbocycles. The monoisotopic (exact) mass is 647 g/mol. The summed E-state index contributed by atoms with van der Waals surface area (Å²) >= 11 is 0. The van der Waals surface area contributed by atoms with Gasteiger partial charge in [-0.2, -0.15) is 0 Å². The Balaban J connectivity index is 1.82. The number of sulfonamides is 1. The number of benzene rings is 4. The lowest BCUT2D eigenvalue weighted by Gasteiger charge is -2.34. The summed E-state index contributed by atoms with van der Waals surface area (Å²) in [7, 11) is -1.45. The number of hydrogen-bond acceptors (Lipinski definition) is 6. The SMILES string of the molecule is CCCNC(=O)[C@@H](Cc1ccccc1)N(Cc1ccc(F)cc1)C(=O)CN(c1ccccc1OC)S(=O)(=O)c1ccc(OC)cc1. The van der Waals surface area contributed by atoms with Gasteiger partial charge in [-0.25, -0.2) is 12.8 Å². The summed E-state index contributed by atoms with van der Waals surface area (Å²) in [6.45, 7) is 1.59. The highest BCUT2D eigenvalue weighted by Gasteiger charge is 2.35. The molecule has 11 heteroatoms. The van der Waals surface area contributed by atoms with Crippen molar-refractivity contribution in [2.75, 3.05) is 31.6 Å². The predicted molar refractivity (Wildman–Crippen MR) is 175 cm³/mol. The van der Waals surface area contributed by atoms with Crippen molar-refractivity contribution in [3.63, 3.8) is 0 Å². The van der Waals surface area contributed by atoms with Crippen molar-refractivity contribution in [3.8, 4) is 11.5 Å². The van der Waals surface area contributed by atoms with Crippen LogP contribution in [0.2, 0.25) is 0 Å². The van der Waals surface area contributed by atoms with Crippen molar-refractivity contribution in [1.29, 1.82) is 0 Å². The van der Waals surface area contributed by atoms with E-state index >= 15 is 0 Å². The van der Waals surface area contributed by atoms with E-state index in [-0.39, 0.29) is 35.2 Å². The van der Waals surface area contributed by atoms with Gasteiger partial charge >= 0.3 is 0 Å². The van der Waals surface area contributed by atoms with E-state index < -0.39 is 34.3 Å². The van der Waals surface area contributed by atoms with Crippen LogP contribution in [0.5, 0.6) is 11.5 Å². The number of carbonyl (C=O) groups excluding carboxylic acids is 2. The Kier molecular flexibility index (Phi) is 11.7. The van der Waals surface area contributed by atoms with E-state index in [0.29, 0.717) is 24.3 Å². The van der Waals surface area contributed by atoms with E-state index in [2.05, 4.69) is 5.32 Å². The third-order valence-electron chi connectivity index (χ3n) is 7.37. The molecule has 0 heterocycles. The second-order valence-electron chi connectivity index (χ2n) is 10.5. The number of rotatable bonds is 15. The number of hydrogen-bond donors (Lipinski definition) is 1. The second-order valence-corrected chi connectivity index (χ2v) is 12.4. The standard InChI is InChI=1S/C35H38FN3O6S/c1-4-22-37-35(41)32(23-26-10-6-5-7-11-26)38(24-27-14-16-28(36)17-15-27)34(40)25-39(31-12-8-9-13-33(31)45-3)46(42,43)30-20-18-29(44-2)19-21-30/h5-21,32H,4,22-25H2,1-3H3,(H,37,41)/t32-/m1/s1. The molecule has 0 aliphatic heterocycles. The Morgan fingerprint density at radius 1 is 0.826 bits per heavy atom. The molecule has 1 N–H and O–H groups in total. The number of halogens is 1. The van der Waals surface area contributed by atoms with E-state index in [1.54, 1.807) is 24.3 Å². The molecule has 0 spiro atoms. The van der Waals surface area contributed by atoms with Crippen molar-refractivity contribution in [3.05, 3.63) is 120 Å². The molecule has 242 valence electrons. The zero-order chi connectivity index (χ0) is 33.1. The fourth-order valence-corrected chi connectivity index (χ4v) is 6.36. The van der Waals surface area contributed by atoms with Gasteiger partial charge < -0.3 is 19.7 Å². The van der Waals surface area contributed by atoms with Gasteiger partial charge in [0, 0.05) is 19.5 Å². The number of nitrogens with zero attached hydrogens (tertiary/aromatic N) is 2. The first-order valence-electron chi connectivity index (χ1n) is 14.8. The van der Waals surface area contributed by atoms with Gasteiger partial charge in [-0.15, -0.1) is 0 Å². The van der Waals surface area contributed by atoms with Crippen LogP contribution in [0.3, 0.4) is 0 Å². The molecule has 4 rings (SSSR count). The molecule has 0 unspecified atom stereocenters. The number of nitrogens with one attached hydrogen (secondary N) is 1. The van der Waals surface area contributed by atoms with E-state index in [9.17, 15) is 22.4 Å². The van der Waals surface area contributed by atoms with Crippen molar-refractivity contribution in [1.82, 2.24) is 10.2 Å². The summed E-state index contributed by atoms with van der Waals surface area (Å²) in [6, 6.07) is 26.2. The first kappa shape index (κ1) is 34.0. The van der Waals surface area contributed by atoms with E-state index in [1.165, 1.54) is 67.7 Å². The maximum absolute atomic E-state index is 14.5. The molecule has 1 atom stereocenters. The topological polar surface area (TPSA) is 105 Å². The molecule has 4 aromatic carbocycles. The highest BCUT2D eigenvalue weighted by molar-refractivity contribution is 7.92. The quantitative estimate of drug-likeness (QED) is 0.190. The molecular formula is C35H38FN3O6S. The van der Waals surface area contributed by atoms with Gasteiger partial charge in [0.25, 0.3) is 10.0 Å². The highest BCUT2D eigenvalue weighted by Crippen LogP contribution is 2.33. The zero-order valence-corrected chi connectivity index (χ0v) is 26.9. The van der Waals surface area contributed by atoms with E-state index in [0.717, 1.165) is 9.87 Å². The Morgan fingerprint density at radius 3 is 2.11 bits per heavy atom. The molecule has 0 aromatic heterocycles. The number of para-hydroxylation sites is 2. The van der Waals surface area contributed by atoms with E-state index in [1.807, 2.05) is 37.3 Å². The molecule has 46 heavy (non-hydrogen) atoms. The minimum Gasteiger partial charge on any atom is -0.497 e. The van der Waals surface area contributed by atoms with Crippen LogP contribution >= 0.6 is 0 Å². The van der Waals surface area contributed by atoms with Gasteiger partial charge in [-0.1, -0.05) is 61.5 Å². The normalized spacial score (nSPS) is 11.7. The van der Waals surface area contributed by atoms with Gasteiger partial charge in [0.2, 0.25) is 11.8 Å². The smallest absolute Gasteiger partial charge is 0.264 e. The maximum Gasteiger partial charge on any atom is 0.264 e. The molecule has 0 aliphatic rings. The van der Waals surface area contributed by atoms with Crippen LogP contribution in [0.4, 0.5) is 10.1 Å². The molecule has 0 fully saturated rings. The van der Waals surface area contributed by atoms with Gasteiger partial charge in [-0.3, -0.25) is 13.9 Å². The minimum atomic E-state index is -4.34. The van der Waals surface area contributed by atoms with Crippen LogP contribution in [0, 0.1) is 5.82 Å². The van der Waals surface area contributed by atoms with Gasteiger partial charge in [-0.05, 0) is 66.1 Å². The third-order valence-corrected chi connectivity index (χ3v) is 9.14. The summed E-state index contributed by atoms with van der Waals surface area (Å²) in [5.41, 5.74) is 1.52. The minimum absolute atomic E-state index is 0.0707. The predicted octanol–water partition coefficient (Wildman–Crippen LogP) is 5.20. The Hall–Kier alpha value is -4.90. The van der Waals surface area contributed by atoms with Crippen LogP contribution in [0.1, 0.15) is 24.5 Å². The van der Waals surface area contributed by atoms with Crippen LogP contribution in [-0.4, -0.2) is 58.5 Å². The number of amides is 2. The summed E-state index contributed by atoms with van der Waals surface area (Å²) < 4.78 is 54.0. The van der Waals surface area contributed by atoms with Crippen molar-refractivity contribution < 1.29 is 31.9 Å². The van der Waals surface area contributed by atoms with Crippen LogP contribution in [-0.2, 0) is 32.6 Å². The summed E-state index contributed by atoms with van der Waals surface area (Å²) in [4.78, 5) is 29.5. The lowest BCUT2D eigenvalue weighted by Crippen LogP contribution is -2.53. The summed E-state index contributed by atoms with van der Waals surface area (Å²) in [6.07, 6.45) is 0.848. The fraction of sp³-hybridized carbons (Fsp3) is 0.257. The van der Waals surface area contributed by atoms with Gasteiger partial charge in [0.1, 0.15) is 29.9 Å². The second kappa shape index (κ2) is 15.9. The first-order chi connectivity index (χ1) is 22.2. The van der Waals surface area contributed by atoms with Crippen LogP contribution < -0.4 is 19.1 Å². The molecule has 0 radical (unpaired) electrons. The molecule has 0 saturated heterocycles. The van der Waals surface area contributed by atoms with Crippen molar-refractivity contribution >= 4 is 27.5 Å². The van der Waals surface area contributed by atoms with Crippen molar-refractivity contribution in [2.45, 2.75) is 37.2 Å². The zero-order valence-electron chi connectivity index (χ0n) is 26.1. The average Bonchev–Trinajstić information content (AvgIpc) is 3.08. The summed E-state index contributed by atoms with van der Waals surface area (Å²) in [5, 5.41) is 2.90. The fourth-order valence-electron chi connectivity index (χ4n) is 4.93. The molecular weight excluding hydrogens is 609 g/mol. The van der Waals surface area contributed by atoms with Crippen molar-refractivity contribution in [2.24, 2.45) is 0 Å². The number of anilines is 1. The first-order valence-corrected chi connectivity index (χ1v) is 16.3. The summed E-state index contributed by atoms with van der Waals surface area (Å²) in [5.74, 6) is -0.774. The molecule has 4 aromatic rings. The van der Waals surface area contributed by atoms with Gasteiger partial charge in [0.15, 0.2) is 0 Å². The van der Waals surface area contributed by atoms with Crippen LogP contribution in [0.15, 0.2) is 108 Å². The molecule has 0 aliphatic carbocycles. The third kappa shape index (κ3) is 8.42. The maximum atomic E-state index is 14.5. The van der Waals surface area contributed by atoms with Crippen LogP contribution in [0.25, 0.3) is 0 Å². The average molecular weight is 648 g/mol.